The van der Waals surface area contributed by atoms with Gasteiger partial charge in [-0.3, -0.25) is 4.90 Å². The lowest BCUT2D eigenvalue weighted by molar-refractivity contribution is 0.248. The number of rotatable bonds is 1. The van der Waals surface area contributed by atoms with Gasteiger partial charge >= 0.3 is 6.03 Å². The van der Waals surface area contributed by atoms with Crippen LogP contribution in [-0.4, -0.2) is 18.1 Å². The minimum atomic E-state index is 0.0696. The summed E-state index contributed by atoms with van der Waals surface area (Å²) in [4.78, 5) is 14.0. The standard InChI is InChI=1S/C12H16N2OS/c15-11-13-9-12(6-2-1-3-7-12)14(11)10-5-4-8-16-10/h4-5,8H,1-3,6-7,9H2,(H,13,15). The van der Waals surface area contributed by atoms with E-state index in [2.05, 4.69) is 5.32 Å². The molecule has 2 heterocycles. The smallest absolute Gasteiger partial charge is 0.323 e. The number of nitrogens with zero attached hydrogens (tertiary/aromatic N) is 1. The number of urea groups is 1. The van der Waals surface area contributed by atoms with E-state index in [0.717, 1.165) is 24.4 Å². The zero-order valence-corrected chi connectivity index (χ0v) is 10.1. The van der Waals surface area contributed by atoms with E-state index in [0.29, 0.717) is 0 Å². The molecule has 0 unspecified atom stereocenters. The second-order valence-electron chi connectivity index (χ2n) is 4.73. The number of nitrogens with one attached hydrogen (secondary N) is 1. The van der Waals surface area contributed by atoms with Crippen LogP contribution in [0.1, 0.15) is 32.1 Å². The van der Waals surface area contributed by atoms with Crippen LogP contribution in [0.3, 0.4) is 0 Å². The maximum Gasteiger partial charge on any atom is 0.323 e. The summed E-state index contributed by atoms with van der Waals surface area (Å²) in [5.41, 5.74) is 0.0696. The molecule has 1 spiro atoms. The summed E-state index contributed by atoms with van der Waals surface area (Å²) in [6, 6.07) is 4.15. The molecule has 1 aliphatic heterocycles. The second-order valence-corrected chi connectivity index (χ2v) is 5.66. The molecule has 1 aromatic rings. The van der Waals surface area contributed by atoms with Crippen LogP contribution < -0.4 is 10.2 Å². The third-order valence-corrected chi connectivity index (χ3v) is 4.61. The van der Waals surface area contributed by atoms with Crippen molar-refractivity contribution in [3.8, 4) is 0 Å². The van der Waals surface area contributed by atoms with E-state index in [1.807, 2.05) is 22.4 Å². The summed E-state index contributed by atoms with van der Waals surface area (Å²) < 4.78 is 0. The number of anilines is 1. The number of carbonyl (C=O) groups is 1. The highest BCUT2D eigenvalue weighted by Gasteiger charge is 2.46. The van der Waals surface area contributed by atoms with Crippen LogP contribution in [0.25, 0.3) is 0 Å². The molecular weight excluding hydrogens is 220 g/mol. The van der Waals surface area contributed by atoms with E-state index in [4.69, 9.17) is 0 Å². The van der Waals surface area contributed by atoms with Gasteiger partial charge in [-0.2, -0.15) is 0 Å². The first-order valence-corrected chi connectivity index (χ1v) is 6.81. The Kier molecular flexibility index (Phi) is 2.39. The Morgan fingerprint density at radius 1 is 1.31 bits per heavy atom. The lowest BCUT2D eigenvalue weighted by atomic mass is 9.81. The van der Waals surface area contributed by atoms with Gasteiger partial charge in [0.2, 0.25) is 0 Å². The fourth-order valence-corrected chi connectivity index (χ4v) is 3.79. The molecule has 1 N–H and O–H groups in total. The van der Waals surface area contributed by atoms with E-state index in [-0.39, 0.29) is 11.6 Å². The van der Waals surface area contributed by atoms with Crippen molar-refractivity contribution in [1.82, 2.24) is 5.32 Å². The highest BCUT2D eigenvalue weighted by atomic mass is 32.1. The SMILES string of the molecule is O=C1NCC2(CCCCC2)N1c1cccs1. The lowest BCUT2D eigenvalue weighted by Crippen LogP contribution is -2.48. The van der Waals surface area contributed by atoms with Gasteiger partial charge < -0.3 is 5.32 Å². The van der Waals surface area contributed by atoms with Crippen molar-refractivity contribution < 1.29 is 4.79 Å². The topological polar surface area (TPSA) is 32.3 Å². The molecule has 4 heteroatoms. The van der Waals surface area contributed by atoms with Crippen LogP contribution in [0, 0.1) is 0 Å². The van der Waals surface area contributed by atoms with E-state index in [1.165, 1.54) is 19.3 Å². The predicted octanol–water partition coefficient (Wildman–Crippen LogP) is 2.98. The highest BCUT2D eigenvalue weighted by molar-refractivity contribution is 7.14. The predicted molar refractivity (Wildman–Crippen MR) is 66.0 cm³/mol. The molecule has 86 valence electrons. The van der Waals surface area contributed by atoms with Crippen molar-refractivity contribution in [2.75, 3.05) is 11.4 Å². The summed E-state index contributed by atoms with van der Waals surface area (Å²) in [6.45, 7) is 0.823. The van der Waals surface area contributed by atoms with Crippen molar-refractivity contribution in [1.29, 1.82) is 0 Å². The summed E-state index contributed by atoms with van der Waals surface area (Å²) in [7, 11) is 0. The van der Waals surface area contributed by atoms with Crippen molar-refractivity contribution in [2.45, 2.75) is 37.6 Å². The van der Waals surface area contributed by atoms with E-state index < -0.39 is 0 Å². The minimum absolute atomic E-state index is 0.0696. The van der Waals surface area contributed by atoms with Gasteiger partial charge in [0.25, 0.3) is 0 Å². The van der Waals surface area contributed by atoms with Gasteiger partial charge in [0, 0.05) is 6.54 Å². The molecule has 2 fully saturated rings. The Balaban J connectivity index is 1.96. The van der Waals surface area contributed by atoms with Crippen LogP contribution in [0.2, 0.25) is 0 Å². The zero-order valence-electron chi connectivity index (χ0n) is 9.24. The van der Waals surface area contributed by atoms with Crippen LogP contribution in [-0.2, 0) is 0 Å². The number of carbonyl (C=O) groups excluding carboxylic acids is 1. The fraction of sp³-hybridized carbons (Fsp3) is 0.583. The van der Waals surface area contributed by atoms with E-state index >= 15 is 0 Å². The third kappa shape index (κ3) is 1.44. The zero-order chi connectivity index (χ0) is 11.0. The average Bonchev–Trinajstić information content (AvgIpc) is 2.90. The number of amides is 2. The van der Waals surface area contributed by atoms with E-state index in [1.54, 1.807) is 11.3 Å². The van der Waals surface area contributed by atoms with Gasteiger partial charge in [0.15, 0.2) is 0 Å². The Bertz CT molecular complexity index is 382. The summed E-state index contributed by atoms with van der Waals surface area (Å²) in [6.07, 6.45) is 6.09. The van der Waals surface area contributed by atoms with Crippen LogP contribution >= 0.6 is 11.3 Å². The molecule has 3 nitrogen and oxygen atoms in total. The molecule has 2 aliphatic rings. The Labute approximate surface area is 99.5 Å². The Morgan fingerprint density at radius 2 is 2.12 bits per heavy atom. The minimum Gasteiger partial charge on any atom is -0.335 e. The maximum absolute atomic E-state index is 12.0. The van der Waals surface area contributed by atoms with Gasteiger partial charge in [0.1, 0.15) is 0 Å². The average molecular weight is 236 g/mol. The summed E-state index contributed by atoms with van der Waals surface area (Å²) >= 11 is 1.66. The third-order valence-electron chi connectivity index (χ3n) is 3.76. The van der Waals surface area contributed by atoms with Crippen molar-refractivity contribution in [3.05, 3.63) is 17.5 Å². The molecule has 1 saturated carbocycles. The Morgan fingerprint density at radius 3 is 2.81 bits per heavy atom. The van der Waals surface area contributed by atoms with Crippen LogP contribution in [0.15, 0.2) is 17.5 Å². The molecule has 0 atom stereocenters. The van der Waals surface area contributed by atoms with Crippen molar-refractivity contribution in [3.63, 3.8) is 0 Å². The van der Waals surface area contributed by atoms with Gasteiger partial charge in [-0.05, 0) is 30.4 Å². The van der Waals surface area contributed by atoms with Gasteiger partial charge in [0.05, 0.1) is 10.5 Å². The molecule has 16 heavy (non-hydrogen) atoms. The maximum atomic E-state index is 12.0. The molecule has 0 radical (unpaired) electrons. The quantitative estimate of drug-likeness (QED) is 0.798. The summed E-state index contributed by atoms with van der Waals surface area (Å²) in [5.74, 6) is 0. The van der Waals surface area contributed by atoms with Gasteiger partial charge in [-0.15, -0.1) is 11.3 Å². The van der Waals surface area contributed by atoms with Crippen molar-refractivity contribution in [2.24, 2.45) is 0 Å². The molecular formula is C12H16N2OS. The Hall–Kier alpha value is -1.03. The molecule has 1 aromatic heterocycles. The first-order valence-electron chi connectivity index (χ1n) is 5.93. The highest BCUT2D eigenvalue weighted by Crippen LogP contribution is 2.40. The number of thiophene rings is 1. The molecule has 0 bridgehead atoms. The monoisotopic (exact) mass is 236 g/mol. The van der Waals surface area contributed by atoms with Crippen molar-refractivity contribution >= 4 is 22.4 Å². The summed E-state index contributed by atoms with van der Waals surface area (Å²) in [5, 5.41) is 6.15. The lowest BCUT2D eigenvalue weighted by Gasteiger charge is -2.39. The van der Waals surface area contributed by atoms with Gasteiger partial charge in [-0.1, -0.05) is 19.3 Å². The first kappa shape index (κ1) is 10.1. The fourth-order valence-electron chi connectivity index (χ4n) is 2.95. The molecule has 1 aliphatic carbocycles. The van der Waals surface area contributed by atoms with Gasteiger partial charge in [-0.25, -0.2) is 4.79 Å². The molecule has 1 saturated heterocycles. The van der Waals surface area contributed by atoms with E-state index in [9.17, 15) is 4.79 Å². The molecule has 3 rings (SSSR count). The first-order chi connectivity index (χ1) is 7.82. The second kappa shape index (κ2) is 3.77. The number of hydrogen-bond acceptors (Lipinski definition) is 2. The largest absolute Gasteiger partial charge is 0.335 e. The number of hydrogen-bond donors (Lipinski definition) is 1. The molecule has 0 aromatic carbocycles. The van der Waals surface area contributed by atoms with Crippen LogP contribution in [0.5, 0.6) is 0 Å². The normalized spacial score (nSPS) is 23.8. The van der Waals surface area contributed by atoms with Crippen LogP contribution in [0.4, 0.5) is 9.80 Å². The molecule has 2 amide bonds.